The van der Waals surface area contributed by atoms with E-state index in [-0.39, 0.29) is 12.5 Å². The quantitative estimate of drug-likeness (QED) is 0.583. The van der Waals surface area contributed by atoms with E-state index in [1.807, 2.05) is 0 Å². The summed E-state index contributed by atoms with van der Waals surface area (Å²) in [6.07, 6.45) is 5.35. The molecular formula is C10H12N2O4. The third kappa shape index (κ3) is 3.56. The molecule has 16 heavy (non-hydrogen) atoms. The van der Waals surface area contributed by atoms with E-state index in [1.165, 1.54) is 16.8 Å². The predicted octanol–water partition coefficient (Wildman–Crippen LogP) is 0.544. The maximum Gasteiger partial charge on any atom is 0.328 e. The van der Waals surface area contributed by atoms with Crippen LogP contribution in [0, 0.1) is 0 Å². The molecule has 1 aromatic heterocycles. The summed E-state index contributed by atoms with van der Waals surface area (Å²) in [6.45, 7) is 2.05. The van der Waals surface area contributed by atoms with Crippen molar-refractivity contribution in [1.29, 1.82) is 0 Å². The number of hydrogen-bond acceptors (Lipinski definition) is 4. The van der Waals surface area contributed by atoms with Gasteiger partial charge in [-0.05, 0) is 13.0 Å². The number of rotatable bonds is 5. The summed E-state index contributed by atoms with van der Waals surface area (Å²) < 4.78 is 6.28. The van der Waals surface area contributed by atoms with Gasteiger partial charge in [-0.1, -0.05) is 0 Å². The van der Waals surface area contributed by atoms with Crippen molar-refractivity contribution in [3.63, 3.8) is 0 Å². The third-order valence-electron chi connectivity index (χ3n) is 1.73. The van der Waals surface area contributed by atoms with Crippen LogP contribution in [0.4, 0.5) is 0 Å². The summed E-state index contributed by atoms with van der Waals surface area (Å²) in [5.74, 6) is -1.05. The van der Waals surface area contributed by atoms with E-state index in [2.05, 4.69) is 4.98 Å². The van der Waals surface area contributed by atoms with Gasteiger partial charge in [-0.15, -0.1) is 0 Å². The smallest absolute Gasteiger partial charge is 0.328 e. The molecule has 6 heteroatoms. The lowest BCUT2D eigenvalue weighted by Gasteiger charge is -2.04. The molecule has 1 aromatic rings. The molecule has 1 N–H and O–H groups in total. The highest BCUT2D eigenvalue weighted by molar-refractivity contribution is 5.84. The fourth-order valence-corrected chi connectivity index (χ4v) is 1.10. The lowest BCUT2D eigenvalue weighted by atomic mass is 10.4. The van der Waals surface area contributed by atoms with Gasteiger partial charge < -0.3 is 14.4 Å². The van der Waals surface area contributed by atoms with E-state index in [4.69, 9.17) is 9.84 Å². The van der Waals surface area contributed by atoms with E-state index < -0.39 is 5.97 Å². The average Bonchev–Trinajstić information content (AvgIpc) is 2.62. The molecule has 0 aliphatic carbocycles. The number of nitrogens with zero attached hydrogens (tertiary/aromatic N) is 2. The van der Waals surface area contributed by atoms with Crippen LogP contribution in [-0.2, 0) is 20.9 Å². The molecule has 0 saturated heterocycles. The number of carbonyl (C=O) groups is 2. The number of hydrogen-bond donors (Lipinski definition) is 1. The zero-order valence-electron chi connectivity index (χ0n) is 8.79. The first-order valence-corrected chi connectivity index (χ1v) is 4.71. The number of carboxylic acids is 1. The summed E-state index contributed by atoms with van der Waals surface area (Å²) in [5, 5.41) is 8.45. The van der Waals surface area contributed by atoms with Gasteiger partial charge in [-0.2, -0.15) is 0 Å². The minimum absolute atomic E-state index is 0.0210. The molecule has 0 aliphatic heterocycles. The van der Waals surface area contributed by atoms with E-state index >= 15 is 0 Å². The molecule has 0 radical (unpaired) electrons. The van der Waals surface area contributed by atoms with E-state index in [0.29, 0.717) is 12.4 Å². The fourth-order valence-electron chi connectivity index (χ4n) is 1.10. The molecule has 0 aliphatic rings. The molecule has 0 bridgehead atoms. The Hall–Kier alpha value is -2.11. The lowest BCUT2D eigenvalue weighted by molar-refractivity contribution is -0.143. The van der Waals surface area contributed by atoms with Crippen LogP contribution in [-0.4, -0.2) is 33.2 Å². The van der Waals surface area contributed by atoms with Gasteiger partial charge in [0.2, 0.25) is 0 Å². The first-order chi connectivity index (χ1) is 7.63. The van der Waals surface area contributed by atoms with E-state index in [1.54, 1.807) is 13.1 Å². The Morgan fingerprint density at radius 3 is 3.00 bits per heavy atom. The Labute approximate surface area is 92.2 Å². The van der Waals surface area contributed by atoms with Crippen LogP contribution in [0.5, 0.6) is 0 Å². The molecule has 86 valence electrons. The molecule has 0 saturated carbocycles. The van der Waals surface area contributed by atoms with Crippen LogP contribution in [0.3, 0.4) is 0 Å². The molecule has 0 aromatic carbocycles. The monoisotopic (exact) mass is 224 g/mol. The van der Waals surface area contributed by atoms with Gasteiger partial charge in [0.1, 0.15) is 12.4 Å². The highest BCUT2D eigenvalue weighted by Crippen LogP contribution is 2.01. The second-order valence-corrected chi connectivity index (χ2v) is 2.89. The second kappa shape index (κ2) is 5.69. The number of esters is 1. The first-order valence-electron chi connectivity index (χ1n) is 4.71. The summed E-state index contributed by atoms with van der Waals surface area (Å²) in [4.78, 5) is 25.4. The summed E-state index contributed by atoms with van der Waals surface area (Å²) in [7, 11) is 0. The van der Waals surface area contributed by atoms with E-state index in [0.717, 1.165) is 6.08 Å². The number of aromatic nitrogens is 2. The standard InChI is InChI=1S/C10H12N2O4/c1-2-16-10(15)7-12-6-5-11-8(12)3-4-9(13)14/h3-6H,2,7H2,1H3,(H,13,14)/b4-3+. The van der Waals surface area contributed by atoms with E-state index in [9.17, 15) is 9.59 Å². The molecule has 1 rings (SSSR count). The van der Waals surface area contributed by atoms with Crippen molar-refractivity contribution in [2.75, 3.05) is 6.61 Å². The number of imidazole rings is 1. The van der Waals surface area contributed by atoms with Crippen molar-refractivity contribution >= 4 is 18.0 Å². The van der Waals surface area contributed by atoms with Crippen molar-refractivity contribution in [1.82, 2.24) is 9.55 Å². The molecule has 0 fully saturated rings. The van der Waals surface area contributed by atoms with Crippen molar-refractivity contribution in [3.8, 4) is 0 Å². The number of carboxylic acid groups (broad SMARTS) is 1. The number of ether oxygens (including phenoxy) is 1. The molecule has 6 nitrogen and oxygen atoms in total. The molecule has 0 spiro atoms. The van der Waals surface area contributed by atoms with Gasteiger partial charge in [-0.3, -0.25) is 4.79 Å². The maximum atomic E-state index is 11.2. The molecular weight excluding hydrogens is 212 g/mol. The maximum absolute atomic E-state index is 11.2. The minimum Gasteiger partial charge on any atom is -0.478 e. The van der Waals surface area contributed by atoms with Gasteiger partial charge in [0.25, 0.3) is 0 Å². The van der Waals surface area contributed by atoms with Gasteiger partial charge in [0.15, 0.2) is 0 Å². The fraction of sp³-hybridized carbons (Fsp3) is 0.300. The Morgan fingerprint density at radius 2 is 2.38 bits per heavy atom. The van der Waals surface area contributed by atoms with Gasteiger partial charge in [0, 0.05) is 18.5 Å². The van der Waals surface area contributed by atoms with Gasteiger partial charge >= 0.3 is 11.9 Å². The van der Waals surface area contributed by atoms with Gasteiger partial charge in [0.05, 0.1) is 6.61 Å². The Morgan fingerprint density at radius 1 is 1.62 bits per heavy atom. The average molecular weight is 224 g/mol. The topological polar surface area (TPSA) is 81.4 Å². The Balaban J connectivity index is 2.70. The molecule has 1 heterocycles. The van der Waals surface area contributed by atoms with Crippen molar-refractivity contribution in [3.05, 3.63) is 24.3 Å². The summed E-state index contributed by atoms with van der Waals surface area (Å²) >= 11 is 0. The summed E-state index contributed by atoms with van der Waals surface area (Å²) in [5.41, 5.74) is 0. The predicted molar refractivity (Wildman–Crippen MR) is 55.5 cm³/mol. The zero-order valence-corrected chi connectivity index (χ0v) is 8.79. The highest BCUT2D eigenvalue weighted by atomic mass is 16.5. The van der Waals surface area contributed by atoms with Crippen LogP contribution in [0.25, 0.3) is 6.08 Å². The van der Waals surface area contributed by atoms with Gasteiger partial charge in [-0.25, -0.2) is 9.78 Å². The molecule has 0 atom stereocenters. The lowest BCUT2D eigenvalue weighted by Crippen LogP contribution is -2.13. The van der Waals surface area contributed by atoms with Crippen LogP contribution >= 0.6 is 0 Å². The highest BCUT2D eigenvalue weighted by Gasteiger charge is 2.06. The minimum atomic E-state index is -1.06. The number of carbonyl (C=O) groups excluding carboxylic acids is 1. The molecule has 0 amide bonds. The number of aliphatic carboxylic acids is 1. The first kappa shape index (κ1) is 12.0. The Kier molecular flexibility index (Phi) is 4.26. The molecule has 0 unspecified atom stereocenters. The van der Waals surface area contributed by atoms with Crippen molar-refractivity contribution in [2.45, 2.75) is 13.5 Å². The van der Waals surface area contributed by atoms with Crippen molar-refractivity contribution in [2.24, 2.45) is 0 Å². The third-order valence-corrected chi connectivity index (χ3v) is 1.73. The Bertz CT molecular complexity index is 409. The largest absolute Gasteiger partial charge is 0.478 e. The van der Waals surface area contributed by atoms with Crippen LogP contribution in [0.1, 0.15) is 12.7 Å². The van der Waals surface area contributed by atoms with Crippen LogP contribution in [0.2, 0.25) is 0 Å². The van der Waals surface area contributed by atoms with Crippen LogP contribution < -0.4 is 0 Å². The summed E-state index contributed by atoms with van der Waals surface area (Å²) in [6, 6.07) is 0. The second-order valence-electron chi connectivity index (χ2n) is 2.89. The van der Waals surface area contributed by atoms with Crippen molar-refractivity contribution < 1.29 is 19.4 Å². The SMILES string of the molecule is CCOC(=O)Cn1ccnc1/C=C/C(=O)O. The van der Waals surface area contributed by atoms with Crippen LogP contribution in [0.15, 0.2) is 18.5 Å². The normalized spacial score (nSPS) is 10.6. The zero-order chi connectivity index (χ0) is 12.0.